The SMILES string of the molecule is Cc1cc(NCCN2CCC(N(C)C)CC2)c2cc(F)ccc2n1. The largest absolute Gasteiger partial charge is 0.383 e. The van der Waals surface area contributed by atoms with Gasteiger partial charge in [-0.25, -0.2) is 4.39 Å². The number of hydrogen-bond donors (Lipinski definition) is 1. The van der Waals surface area contributed by atoms with Gasteiger partial charge in [-0.15, -0.1) is 0 Å². The molecule has 1 aromatic heterocycles. The number of rotatable bonds is 5. The molecule has 24 heavy (non-hydrogen) atoms. The van der Waals surface area contributed by atoms with Crippen LogP contribution in [0, 0.1) is 12.7 Å². The number of nitrogens with one attached hydrogen (secondary N) is 1. The van der Waals surface area contributed by atoms with Crippen molar-refractivity contribution in [2.24, 2.45) is 0 Å². The fourth-order valence-electron chi connectivity index (χ4n) is 3.48. The highest BCUT2D eigenvalue weighted by Gasteiger charge is 2.20. The van der Waals surface area contributed by atoms with Gasteiger partial charge in [0, 0.05) is 35.9 Å². The lowest BCUT2D eigenvalue weighted by atomic mass is 10.0. The van der Waals surface area contributed by atoms with Gasteiger partial charge in [0.2, 0.25) is 0 Å². The molecule has 1 fully saturated rings. The number of benzene rings is 1. The number of hydrogen-bond acceptors (Lipinski definition) is 4. The lowest BCUT2D eigenvalue weighted by Crippen LogP contribution is -2.43. The highest BCUT2D eigenvalue weighted by Crippen LogP contribution is 2.24. The maximum Gasteiger partial charge on any atom is 0.124 e. The molecule has 1 saturated heterocycles. The summed E-state index contributed by atoms with van der Waals surface area (Å²) in [7, 11) is 4.33. The van der Waals surface area contributed by atoms with Gasteiger partial charge in [0.05, 0.1) is 5.52 Å². The fraction of sp³-hybridized carbons (Fsp3) is 0.526. The third-order valence-electron chi connectivity index (χ3n) is 4.93. The van der Waals surface area contributed by atoms with Crippen molar-refractivity contribution >= 4 is 16.6 Å². The van der Waals surface area contributed by atoms with Crippen LogP contribution in [0.25, 0.3) is 10.9 Å². The summed E-state index contributed by atoms with van der Waals surface area (Å²) in [5.74, 6) is -0.220. The van der Waals surface area contributed by atoms with E-state index in [1.807, 2.05) is 13.0 Å². The summed E-state index contributed by atoms with van der Waals surface area (Å²) >= 11 is 0. The zero-order chi connectivity index (χ0) is 17.1. The summed E-state index contributed by atoms with van der Waals surface area (Å²) in [6, 6.07) is 7.48. The summed E-state index contributed by atoms with van der Waals surface area (Å²) in [4.78, 5) is 9.31. The number of likely N-dealkylation sites (tertiary alicyclic amines) is 1. The number of fused-ring (bicyclic) bond motifs is 1. The lowest BCUT2D eigenvalue weighted by Gasteiger charge is -2.35. The molecule has 130 valence electrons. The van der Waals surface area contributed by atoms with Gasteiger partial charge in [-0.05, 0) is 71.2 Å². The van der Waals surface area contributed by atoms with Crippen molar-refractivity contribution < 1.29 is 4.39 Å². The van der Waals surface area contributed by atoms with Crippen LogP contribution in [0.1, 0.15) is 18.5 Å². The Labute approximate surface area is 143 Å². The summed E-state index contributed by atoms with van der Waals surface area (Å²) in [5, 5.41) is 4.33. The van der Waals surface area contributed by atoms with E-state index in [0.29, 0.717) is 6.04 Å². The minimum atomic E-state index is -0.220. The molecule has 0 atom stereocenters. The maximum atomic E-state index is 13.6. The number of pyridine rings is 1. The molecule has 1 aliphatic heterocycles. The molecule has 2 heterocycles. The van der Waals surface area contributed by atoms with Gasteiger partial charge >= 0.3 is 0 Å². The van der Waals surface area contributed by atoms with Gasteiger partial charge in [0.1, 0.15) is 5.82 Å². The van der Waals surface area contributed by atoms with Crippen LogP contribution in [0.4, 0.5) is 10.1 Å². The quantitative estimate of drug-likeness (QED) is 0.913. The second kappa shape index (κ2) is 7.45. The highest BCUT2D eigenvalue weighted by atomic mass is 19.1. The predicted octanol–water partition coefficient (Wildman–Crippen LogP) is 3.12. The number of aromatic nitrogens is 1. The second-order valence-electron chi connectivity index (χ2n) is 6.94. The van der Waals surface area contributed by atoms with Gasteiger partial charge in [-0.1, -0.05) is 0 Å². The van der Waals surface area contributed by atoms with Crippen molar-refractivity contribution in [3.8, 4) is 0 Å². The van der Waals surface area contributed by atoms with Crippen LogP contribution >= 0.6 is 0 Å². The van der Waals surface area contributed by atoms with E-state index in [9.17, 15) is 4.39 Å². The van der Waals surface area contributed by atoms with Gasteiger partial charge in [-0.2, -0.15) is 0 Å². The van der Waals surface area contributed by atoms with E-state index in [4.69, 9.17) is 0 Å². The Morgan fingerprint density at radius 3 is 2.71 bits per heavy atom. The van der Waals surface area contributed by atoms with Crippen molar-refractivity contribution in [2.75, 3.05) is 45.6 Å². The van der Waals surface area contributed by atoms with Crippen molar-refractivity contribution in [2.45, 2.75) is 25.8 Å². The molecular weight excluding hydrogens is 303 g/mol. The Bertz CT molecular complexity index is 693. The van der Waals surface area contributed by atoms with Crippen LogP contribution in [-0.4, -0.2) is 61.1 Å². The molecule has 3 rings (SSSR count). The molecule has 1 aromatic carbocycles. The van der Waals surface area contributed by atoms with E-state index in [1.165, 1.54) is 18.9 Å². The fourth-order valence-corrected chi connectivity index (χ4v) is 3.48. The van der Waals surface area contributed by atoms with E-state index in [2.05, 4.69) is 34.2 Å². The molecule has 1 N–H and O–H groups in total. The molecule has 4 nitrogen and oxygen atoms in total. The Hall–Kier alpha value is -1.72. The average Bonchev–Trinajstić information content (AvgIpc) is 2.56. The third-order valence-corrected chi connectivity index (χ3v) is 4.93. The molecule has 0 amide bonds. The Morgan fingerprint density at radius 1 is 1.25 bits per heavy atom. The van der Waals surface area contributed by atoms with Crippen LogP contribution < -0.4 is 5.32 Å². The smallest absolute Gasteiger partial charge is 0.124 e. The Balaban J connectivity index is 1.59. The maximum absolute atomic E-state index is 13.6. The Morgan fingerprint density at radius 2 is 2.00 bits per heavy atom. The van der Waals surface area contributed by atoms with Crippen molar-refractivity contribution in [1.29, 1.82) is 0 Å². The lowest BCUT2D eigenvalue weighted by molar-refractivity contribution is 0.148. The molecule has 2 aromatic rings. The summed E-state index contributed by atoms with van der Waals surface area (Å²) < 4.78 is 13.6. The molecule has 0 bridgehead atoms. The number of piperidine rings is 1. The number of nitrogens with zero attached hydrogens (tertiary/aromatic N) is 3. The van der Waals surface area contributed by atoms with Gasteiger partial charge in [0.15, 0.2) is 0 Å². The standard InChI is InChI=1S/C19H27FN4/c1-14-12-19(17-13-15(20)4-5-18(17)22-14)21-8-11-24-9-6-16(7-10-24)23(2)3/h4-5,12-13,16H,6-11H2,1-3H3,(H,21,22). The van der Waals surface area contributed by atoms with Crippen LogP contribution in [0.2, 0.25) is 0 Å². The first kappa shape index (κ1) is 17.1. The third kappa shape index (κ3) is 4.02. The van der Waals surface area contributed by atoms with Crippen molar-refractivity contribution in [3.05, 3.63) is 35.8 Å². The van der Waals surface area contributed by atoms with Crippen LogP contribution in [0.15, 0.2) is 24.3 Å². The normalized spacial score (nSPS) is 16.9. The zero-order valence-corrected chi connectivity index (χ0v) is 14.8. The average molecular weight is 330 g/mol. The summed E-state index contributed by atoms with van der Waals surface area (Å²) in [5.41, 5.74) is 2.76. The van der Waals surface area contributed by atoms with Gasteiger partial charge in [0.25, 0.3) is 0 Å². The molecule has 0 aliphatic carbocycles. The predicted molar refractivity (Wildman–Crippen MR) is 98.1 cm³/mol. The van der Waals surface area contributed by atoms with E-state index in [-0.39, 0.29) is 5.82 Å². The number of aryl methyl sites for hydroxylation is 1. The van der Waals surface area contributed by atoms with E-state index in [1.54, 1.807) is 12.1 Å². The van der Waals surface area contributed by atoms with Gasteiger partial charge in [-0.3, -0.25) is 4.98 Å². The van der Waals surface area contributed by atoms with Crippen LogP contribution in [-0.2, 0) is 0 Å². The Kier molecular flexibility index (Phi) is 5.31. The first-order valence-corrected chi connectivity index (χ1v) is 8.72. The monoisotopic (exact) mass is 330 g/mol. The molecular formula is C19H27FN4. The molecule has 1 aliphatic rings. The van der Waals surface area contributed by atoms with Crippen molar-refractivity contribution in [3.63, 3.8) is 0 Å². The first-order chi connectivity index (χ1) is 11.5. The minimum Gasteiger partial charge on any atom is -0.383 e. The summed E-state index contributed by atoms with van der Waals surface area (Å²) in [6.45, 7) is 6.14. The van der Waals surface area contributed by atoms with E-state index in [0.717, 1.165) is 48.5 Å². The zero-order valence-electron chi connectivity index (χ0n) is 14.8. The second-order valence-corrected chi connectivity index (χ2v) is 6.94. The van der Waals surface area contributed by atoms with Crippen molar-refractivity contribution in [1.82, 2.24) is 14.8 Å². The van der Waals surface area contributed by atoms with Gasteiger partial charge < -0.3 is 15.1 Å². The number of anilines is 1. The topological polar surface area (TPSA) is 31.4 Å². The molecule has 0 spiro atoms. The first-order valence-electron chi connectivity index (χ1n) is 8.72. The van der Waals surface area contributed by atoms with Crippen LogP contribution in [0.5, 0.6) is 0 Å². The van der Waals surface area contributed by atoms with Crippen LogP contribution in [0.3, 0.4) is 0 Å². The number of halogens is 1. The summed E-state index contributed by atoms with van der Waals surface area (Å²) in [6.07, 6.45) is 2.46. The molecule has 5 heteroatoms. The molecule has 0 unspecified atom stereocenters. The minimum absolute atomic E-state index is 0.220. The molecule has 0 saturated carbocycles. The van der Waals surface area contributed by atoms with E-state index >= 15 is 0 Å². The van der Waals surface area contributed by atoms with E-state index < -0.39 is 0 Å². The molecule has 0 radical (unpaired) electrons. The highest BCUT2D eigenvalue weighted by molar-refractivity contribution is 5.91.